The number of carbonyl (C=O) groups excluding carboxylic acids is 1. The van der Waals surface area contributed by atoms with Gasteiger partial charge in [0.2, 0.25) is 5.91 Å². The van der Waals surface area contributed by atoms with E-state index >= 15 is 0 Å². The Bertz CT molecular complexity index is 856. The van der Waals surface area contributed by atoms with Crippen LogP contribution in [0.25, 0.3) is 0 Å². The number of hydrogen-bond donors (Lipinski definition) is 2. The summed E-state index contributed by atoms with van der Waals surface area (Å²) >= 11 is 7.00. The normalized spacial score (nSPS) is 10.5. The Hall–Kier alpha value is -2.39. The van der Waals surface area contributed by atoms with Gasteiger partial charge in [-0.05, 0) is 12.5 Å². The topological polar surface area (TPSA) is 118 Å². The first kappa shape index (κ1) is 18.9. The van der Waals surface area contributed by atoms with E-state index < -0.39 is 10.8 Å². The molecule has 0 spiro atoms. The minimum Gasteiger partial charge on any atom is -0.324 e. The molecule has 0 aliphatic carbocycles. The third-order valence-electron chi connectivity index (χ3n) is 3.05. The lowest BCUT2D eigenvalue weighted by molar-refractivity contribution is -0.384. The Morgan fingerprint density at radius 1 is 1.44 bits per heavy atom. The number of H-pyrrole nitrogens is 1. The zero-order chi connectivity index (χ0) is 18.4. The number of nitrogens with zero attached hydrogens (tertiary/aromatic N) is 2. The lowest BCUT2D eigenvalue weighted by Crippen LogP contribution is -2.16. The van der Waals surface area contributed by atoms with Crippen molar-refractivity contribution < 1.29 is 9.72 Å². The number of halogens is 1. The van der Waals surface area contributed by atoms with Crippen molar-refractivity contribution in [1.82, 2.24) is 9.97 Å². The Morgan fingerprint density at radius 3 is 2.88 bits per heavy atom. The Kier molecular flexibility index (Phi) is 6.54. The second kappa shape index (κ2) is 8.63. The van der Waals surface area contributed by atoms with Gasteiger partial charge in [-0.15, -0.1) is 0 Å². The number of nitro benzene ring substituents is 1. The van der Waals surface area contributed by atoms with Crippen LogP contribution in [-0.2, 0) is 11.2 Å². The zero-order valence-corrected chi connectivity index (χ0v) is 14.8. The molecule has 25 heavy (non-hydrogen) atoms. The minimum atomic E-state index is -0.575. The smallest absolute Gasteiger partial charge is 0.271 e. The molecule has 8 nitrogen and oxygen atoms in total. The van der Waals surface area contributed by atoms with Crippen LogP contribution in [0.4, 0.5) is 11.4 Å². The van der Waals surface area contributed by atoms with Crippen molar-refractivity contribution in [1.29, 1.82) is 0 Å². The maximum Gasteiger partial charge on any atom is 0.271 e. The van der Waals surface area contributed by atoms with E-state index in [9.17, 15) is 19.7 Å². The number of nitro groups is 1. The standard InChI is InChI=1S/C15H15ClN4O4S/c1-2-3-9-6-13(21)19-15(17-9)25-8-14(22)18-12-7-10(20(23)24)4-5-11(12)16/h4-7H,2-3,8H2,1H3,(H,18,22)(H,17,19,21). The van der Waals surface area contributed by atoms with Crippen LogP contribution < -0.4 is 10.9 Å². The van der Waals surface area contributed by atoms with Crippen molar-refractivity contribution in [3.05, 3.63) is 55.5 Å². The van der Waals surface area contributed by atoms with Gasteiger partial charge in [-0.3, -0.25) is 19.7 Å². The maximum absolute atomic E-state index is 12.0. The third-order valence-corrected chi connectivity index (χ3v) is 4.26. The van der Waals surface area contributed by atoms with Gasteiger partial charge in [-0.2, -0.15) is 0 Å². The average molecular weight is 383 g/mol. The van der Waals surface area contributed by atoms with E-state index in [-0.39, 0.29) is 27.7 Å². The van der Waals surface area contributed by atoms with Crippen LogP contribution in [0.15, 0.2) is 34.2 Å². The quantitative estimate of drug-likeness (QED) is 0.329. The number of amides is 1. The predicted octanol–water partition coefficient (Wildman–Crippen LogP) is 3.01. The largest absolute Gasteiger partial charge is 0.324 e. The SMILES string of the molecule is CCCc1cc(=O)[nH]c(SCC(=O)Nc2cc([N+](=O)[O-])ccc2Cl)n1. The molecule has 0 fully saturated rings. The van der Waals surface area contributed by atoms with Crippen molar-refractivity contribution in [2.75, 3.05) is 11.1 Å². The number of non-ortho nitro benzene ring substituents is 1. The number of anilines is 1. The molecule has 0 radical (unpaired) electrons. The van der Waals surface area contributed by atoms with E-state index in [1.807, 2.05) is 6.92 Å². The molecule has 1 aromatic carbocycles. The van der Waals surface area contributed by atoms with E-state index in [0.717, 1.165) is 18.2 Å². The molecular formula is C15H15ClN4O4S. The minimum absolute atomic E-state index is 0.0302. The average Bonchev–Trinajstić information content (AvgIpc) is 2.54. The molecule has 10 heteroatoms. The fourth-order valence-corrected chi connectivity index (χ4v) is 2.84. The molecule has 0 atom stereocenters. The predicted molar refractivity (Wildman–Crippen MR) is 96.3 cm³/mol. The molecule has 0 aliphatic heterocycles. The summed E-state index contributed by atoms with van der Waals surface area (Å²) < 4.78 is 0. The number of hydrogen-bond acceptors (Lipinski definition) is 6. The molecule has 2 aromatic rings. The van der Waals surface area contributed by atoms with Gasteiger partial charge < -0.3 is 10.3 Å². The second-order valence-corrected chi connectivity index (χ2v) is 6.42. The third kappa shape index (κ3) is 5.57. The summed E-state index contributed by atoms with van der Waals surface area (Å²) in [6.07, 6.45) is 1.53. The molecule has 132 valence electrons. The molecule has 1 heterocycles. The number of thioether (sulfide) groups is 1. The number of benzene rings is 1. The van der Waals surface area contributed by atoms with Gasteiger partial charge in [0, 0.05) is 23.9 Å². The highest BCUT2D eigenvalue weighted by Gasteiger charge is 2.13. The molecule has 2 N–H and O–H groups in total. The molecule has 0 saturated heterocycles. The number of carbonyl (C=O) groups is 1. The lowest BCUT2D eigenvalue weighted by atomic mass is 10.2. The first-order valence-electron chi connectivity index (χ1n) is 7.36. The summed E-state index contributed by atoms with van der Waals surface area (Å²) in [5.74, 6) is -0.451. The molecule has 1 aromatic heterocycles. The van der Waals surface area contributed by atoms with Crippen molar-refractivity contribution in [2.45, 2.75) is 24.9 Å². The highest BCUT2D eigenvalue weighted by atomic mass is 35.5. The highest BCUT2D eigenvalue weighted by Crippen LogP contribution is 2.27. The maximum atomic E-state index is 12.0. The van der Waals surface area contributed by atoms with Gasteiger partial charge in [-0.25, -0.2) is 4.98 Å². The van der Waals surface area contributed by atoms with E-state index in [0.29, 0.717) is 17.3 Å². The van der Waals surface area contributed by atoms with Crippen LogP contribution >= 0.6 is 23.4 Å². The fraction of sp³-hybridized carbons (Fsp3) is 0.267. The van der Waals surface area contributed by atoms with Gasteiger partial charge in [0.15, 0.2) is 5.16 Å². The van der Waals surface area contributed by atoms with Gasteiger partial charge >= 0.3 is 0 Å². The summed E-state index contributed by atoms with van der Waals surface area (Å²) in [4.78, 5) is 40.6. The molecule has 0 saturated carbocycles. The number of aromatic nitrogens is 2. The van der Waals surface area contributed by atoms with Gasteiger partial charge in [0.05, 0.1) is 21.4 Å². The van der Waals surface area contributed by atoms with E-state index in [1.165, 1.54) is 24.3 Å². The van der Waals surface area contributed by atoms with Crippen LogP contribution in [-0.4, -0.2) is 26.6 Å². The number of nitrogens with one attached hydrogen (secondary N) is 2. The van der Waals surface area contributed by atoms with Gasteiger partial charge in [0.1, 0.15) is 0 Å². The fourth-order valence-electron chi connectivity index (χ4n) is 1.98. The monoisotopic (exact) mass is 382 g/mol. The van der Waals surface area contributed by atoms with Crippen molar-refractivity contribution in [3.63, 3.8) is 0 Å². The highest BCUT2D eigenvalue weighted by molar-refractivity contribution is 7.99. The van der Waals surface area contributed by atoms with Crippen LogP contribution in [0.3, 0.4) is 0 Å². The Morgan fingerprint density at radius 2 is 2.20 bits per heavy atom. The first-order chi connectivity index (χ1) is 11.9. The van der Waals surface area contributed by atoms with Crippen LogP contribution in [0, 0.1) is 10.1 Å². The van der Waals surface area contributed by atoms with Crippen molar-refractivity contribution in [2.24, 2.45) is 0 Å². The summed E-state index contributed by atoms with van der Waals surface area (Å²) in [5, 5.41) is 13.8. The first-order valence-corrected chi connectivity index (χ1v) is 8.72. The summed E-state index contributed by atoms with van der Waals surface area (Å²) in [6, 6.07) is 5.21. The van der Waals surface area contributed by atoms with Crippen molar-refractivity contribution >= 4 is 40.6 Å². The summed E-state index contributed by atoms with van der Waals surface area (Å²) in [5.41, 5.74) is 0.368. The molecule has 2 rings (SSSR count). The molecule has 0 bridgehead atoms. The van der Waals surface area contributed by atoms with E-state index in [2.05, 4.69) is 15.3 Å². The molecule has 0 unspecified atom stereocenters. The Labute approximate surface area is 152 Å². The van der Waals surface area contributed by atoms with Gasteiger partial charge in [0.25, 0.3) is 11.2 Å². The molecule has 0 aliphatic rings. The summed E-state index contributed by atoms with van der Waals surface area (Å²) in [6.45, 7) is 1.98. The van der Waals surface area contributed by atoms with Gasteiger partial charge in [-0.1, -0.05) is 36.7 Å². The van der Waals surface area contributed by atoms with Crippen molar-refractivity contribution in [3.8, 4) is 0 Å². The van der Waals surface area contributed by atoms with E-state index in [4.69, 9.17) is 11.6 Å². The molecular weight excluding hydrogens is 368 g/mol. The second-order valence-electron chi connectivity index (χ2n) is 5.05. The lowest BCUT2D eigenvalue weighted by Gasteiger charge is -2.07. The zero-order valence-electron chi connectivity index (χ0n) is 13.2. The van der Waals surface area contributed by atoms with E-state index in [1.54, 1.807) is 0 Å². The van der Waals surface area contributed by atoms with Crippen LogP contribution in [0.2, 0.25) is 5.02 Å². The number of aromatic amines is 1. The molecule has 1 amide bonds. The number of aryl methyl sites for hydroxylation is 1. The summed E-state index contributed by atoms with van der Waals surface area (Å²) in [7, 11) is 0. The Balaban J connectivity index is 2.03. The van der Waals surface area contributed by atoms with Crippen LogP contribution in [0.1, 0.15) is 19.0 Å². The number of rotatable bonds is 7. The van der Waals surface area contributed by atoms with Crippen LogP contribution in [0.5, 0.6) is 0 Å².